The molecule has 0 heterocycles. The van der Waals surface area contributed by atoms with E-state index in [9.17, 15) is 0 Å². The van der Waals surface area contributed by atoms with Gasteiger partial charge in [0.05, 0.1) is 0 Å². The van der Waals surface area contributed by atoms with Gasteiger partial charge in [0.2, 0.25) is 0 Å². The molecule has 0 N–H and O–H groups in total. The fourth-order valence-electron chi connectivity index (χ4n) is 0.548. The van der Waals surface area contributed by atoms with Crippen LogP contribution in [-0.2, 0) is 0 Å². The average Bonchev–Trinajstić information content (AvgIpc) is 1.64. The van der Waals surface area contributed by atoms with E-state index in [0.717, 1.165) is 0 Å². The highest BCUT2D eigenvalue weighted by atomic mass is 31.1. The summed E-state index contributed by atoms with van der Waals surface area (Å²) < 4.78 is 0. The molecule has 0 saturated heterocycles. The third kappa shape index (κ3) is 3.97. The molecule has 0 bridgehead atoms. The highest BCUT2D eigenvalue weighted by Crippen LogP contribution is 2.44. The van der Waals surface area contributed by atoms with E-state index in [2.05, 4.69) is 41.4 Å². The van der Waals surface area contributed by atoms with Crippen LogP contribution in [0.15, 0.2) is 0 Å². The molecule has 0 rings (SSSR count). The summed E-state index contributed by atoms with van der Waals surface area (Å²) in [5, 5.41) is 0.519. The quantitative estimate of drug-likeness (QED) is 0.411. The minimum atomic E-state index is 0.153. The van der Waals surface area contributed by atoms with Crippen molar-refractivity contribution in [3.8, 4) is 0 Å². The van der Waals surface area contributed by atoms with Crippen LogP contribution in [-0.4, -0.2) is 18.8 Å². The van der Waals surface area contributed by atoms with E-state index in [-0.39, 0.29) is 7.80 Å². The van der Waals surface area contributed by atoms with Crippen molar-refractivity contribution in [3.05, 3.63) is 0 Å². The fourth-order valence-corrected chi connectivity index (χ4v) is 1.64. The predicted octanol–water partition coefficient (Wildman–Crippen LogP) is 2.95. The van der Waals surface area contributed by atoms with Gasteiger partial charge in [0.15, 0.2) is 0 Å². The SMILES string of the molecule is CC[B]P(C)C(C)(C)C. The van der Waals surface area contributed by atoms with Crippen molar-refractivity contribution >= 4 is 14.8 Å². The normalized spacial score (nSPS) is 15.2. The Labute approximate surface area is 61.4 Å². The molecule has 0 aromatic heterocycles. The van der Waals surface area contributed by atoms with Crippen molar-refractivity contribution in [2.75, 3.05) is 6.66 Å². The Morgan fingerprint density at radius 1 is 1.33 bits per heavy atom. The molecule has 0 saturated carbocycles. The van der Waals surface area contributed by atoms with Crippen molar-refractivity contribution in [1.82, 2.24) is 0 Å². The molecule has 0 aliphatic rings. The smallest absolute Gasteiger partial charge is 0.146 e. The molecular weight excluding hydrogens is 126 g/mol. The minimum absolute atomic E-state index is 0.153. The predicted molar refractivity (Wildman–Crippen MR) is 48.8 cm³/mol. The van der Waals surface area contributed by atoms with E-state index >= 15 is 0 Å². The standard InChI is InChI=1S/C7H17BP/c1-6-8-9(5)7(2,3)4/h6H2,1-5H3. The van der Waals surface area contributed by atoms with Gasteiger partial charge in [-0.15, -0.1) is 7.80 Å². The summed E-state index contributed by atoms with van der Waals surface area (Å²) in [6.45, 7) is 13.9. The van der Waals surface area contributed by atoms with Gasteiger partial charge in [-0.05, 0) is 5.16 Å². The zero-order valence-electron chi connectivity index (χ0n) is 7.23. The number of hydrogen-bond acceptors (Lipinski definition) is 0. The maximum absolute atomic E-state index is 2.44. The second-order valence-corrected chi connectivity index (χ2v) is 6.30. The van der Waals surface area contributed by atoms with E-state index in [1.54, 1.807) is 0 Å². The molecule has 0 spiro atoms. The van der Waals surface area contributed by atoms with Crippen LogP contribution in [0.5, 0.6) is 0 Å². The molecule has 0 fully saturated rings. The van der Waals surface area contributed by atoms with Crippen LogP contribution >= 0.6 is 7.80 Å². The molecule has 0 nitrogen and oxygen atoms in total. The van der Waals surface area contributed by atoms with Gasteiger partial charge >= 0.3 is 0 Å². The summed E-state index contributed by atoms with van der Waals surface area (Å²) in [6, 6.07) is 0. The van der Waals surface area contributed by atoms with Crippen LogP contribution in [0.1, 0.15) is 27.7 Å². The lowest BCUT2D eigenvalue weighted by atomic mass is 10.1. The van der Waals surface area contributed by atoms with Crippen LogP contribution in [0.25, 0.3) is 0 Å². The van der Waals surface area contributed by atoms with E-state index in [0.29, 0.717) is 5.16 Å². The fraction of sp³-hybridized carbons (Fsp3) is 1.00. The maximum atomic E-state index is 2.44. The first-order valence-electron chi connectivity index (χ1n) is 3.54. The highest BCUT2D eigenvalue weighted by molar-refractivity contribution is 7.86. The lowest BCUT2D eigenvalue weighted by Gasteiger charge is -2.27. The Bertz CT molecular complexity index is 75.5. The molecule has 1 radical (unpaired) electrons. The molecule has 1 atom stereocenters. The average molecular weight is 143 g/mol. The minimum Gasteiger partial charge on any atom is -0.146 e. The van der Waals surface area contributed by atoms with Gasteiger partial charge in [0.25, 0.3) is 0 Å². The monoisotopic (exact) mass is 143 g/mol. The third-order valence-electron chi connectivity index (χ3n) is 1.51. The van der Waals surface area contributed by atoms with Crippen molar-refractivity contribution in [2.45, 2.75) is 39.2 Å². The van der Waals surface area contributed by atoms with Gasteiger partial charge in [-0.2, -0.15) is 0 Å². The molecule has 0 aliphatic heterocycles. The van der Waals surface area contributed by atoms with Gasteiger partial charge in [0, 0.05) is 0 Å². The molecule has 53 valence electrons. The van der Waals surface area contributed by atoms with Crippen molar-refractivity contribution < 1.29 is 0 Å². The summed E-state index contributed by atoms with van der Waals surface area (Å²) in [7, 11) is 0.153. The Balaban J connectivity index is 3.59. The zero-order chi connectivity index (χ0) is 7.49. The van der Waals surface area contributed by atoms with Crippen LogP contribution in [0, 0.1) is 0 Å². The molecule has 0 aliphatic carbocycles. The lowest BCUT2D eigenvalue weighted by Crippen LogP contribution is -2.13. The maximum Gasteiger partial charge on any atom is 0.146 e. The summed E-state index contributed by atoms with van der Waals surface area (Å²) in [5.41, 5.74) is 0. The van der Waals surface area contributed by atoms with Gasteiger partial charge in [0.1, 0.15) is 7.00 Å². The summed E-state index contributed by atoms with van der Waals surface area (Å²) in [4.78, 5) is 0. The first-order valence-corrected chi connectivity index (χ1v) is 5.40. The molecular formula is C7H17BP. The van der Waals surface area contributed by atoms with Crippen LogP contribution < -0.4 is 0 Å². The Morgan fingerprint density at radius 3 is 1.89 bits per heavy atom. The lowest BCUT2D eigenvalue weighted by molar-refractivity contribution is 0.793. The topological polar surface area (TPSA) is 0 Å². The van der Waals surface area contributed by atoms with Crippen molar-refractivity contribution in [3.63, 3.8) is 0 Å². The van der Waals surface area contributed by atoms with Gasteiger partial charge < -0.3 is 0 Å². The van der Waals surface area contributed by atoms with Crippen LogP contribution in [0.4, 0.5) is 0 Å². The molecule has 2 heteroatoms. The number of hydrogen-bond donors (Lipinski definition) is 0. The van der Waals surface area contributed by atoms with Gasteiger partial charge in [-0.1, -0.05) is 40.7 Å². The van der Waals surface area contributed by atoms with E-state index in [1.165, 1.54) is 6.32 Å². The van der Waals surface area contributed by atoms with E-state index in [1.807, 2.05) is 0 Å². The highest BCUT2D eigenvalue weighted by Gasteiger charge is 2.17. The zero-order valence-corrected chi connectivity index (χ0v) is 8.13. The Morgan fingerprint density at radius 2 is 1.78 bits per heavy atom. The summed E-state index contributed by atoms with van der Waals surface area (Å²) in [5.74, 6) is 0. The molecule has 0 aromatic rings. The Kier molecular flexibility index (Phi) is 3.81. The van der Waals surface area contributed by atoms with Gasteiger partial charge in [-0.25, -0.2) is 0 Å². The Hall–Kier alpha value is 0.495. The second kappa shape index (κ2) is 3.61. The van der Waals surface area contributed by atoms with E-state index in [4.69, 9.17) is 0 Å². The van der Waals surface area contributed by atoms with Crippen LogP contribution in [0.2, 0.25) is 6.32 Å². The first kappa shape index (κ1) is 9.49. The second-order valence-electron chi connectivity index (χ2n) is 3.37. The van der Waals surface area contributed by atoms with Crippen molar-refractivity contribution in [2.24, 2.45) is 0 Å². The molecule has 9 heavy (non-hydrogen) atoms. The van der Waals surface area contributed by atoms with Crippen LogP contribution in [0.3, 0.4) is 0 Å². The van der Waals surface area contributed by atoms with Crippen molar-refractivity contribution in [1.29, 1.82) is 0 Å². The largest absolute Gasteiger partial charge is 0.146 e. The molecule has 0 aromatic carbocycles. The molecule has 0 amide bonds. The molecule has 1 unspecified atom stereocenters. The first-order chi connectivity index (χ1) is 3.98. The third-order valence-corrected chi connectivity index (χ3v) is 4.54. The summed E-state index contributed by atoms with van der Waals surface area (Å²) >= 11 is 0. The van der Waals surface area contributed by atoms with Gasteiger partial charge in [-0.3, -0.25) is 0 Å². The summed E-state index contributed by atoms with van der Waals surface area (Å²) in [6.07, 6.45) is 1.22. The number of rotatable bonds is 2. The van der Waals surface area contributed by atoms with E-state index < -0.39 is 0 Å².